The number of aliphatic hydroxyl groups is 1. The van der Waals surface area contributed by atoms with Gasteiger partial charge in [-0.3, -0.25) is 4.55 Å². The van der Waals surface area contributed by atoms with Crippen LogP contribution < -0.4 is 0 Å². The molecule has 31 heavy (non-hydrogen) atoms. The number of benzene rings is 3. The van der Waals surface area contributed by atoms with E-state index in [4.69, 9.17) is 0 Å². The molecule has 0 aliphatic rings. The molecule has 2 atom stereocenters. The lowest BCUT2D eigenvalue weighted by Crippen LogP contribution is -2.32. The van der Waals surface area contributed by atoms with Gasteiger partial charge in [0.05, 0.1) is 10.5 Å². The Bertz CT molecular complexity index is 1150. The Morgan fingerprint density at radius 1 is 0.871 bits per heavy atom. The Morgan fingerprint density at radius 3 is 1.87 bits per heavy atom. The molecule has 0 amide bonds. The SMILES string of the molecule is CSc1ccc(C(c2cc(C)ccc2S(=O)(=O)O)C(C)(O)c2ccc(SC)cc2)cc1. The maximum Gasteiger partial charge on any atom is 0.294 e. The average molecular weight is 475 g/mol. The van der Waals surface area contributed by atoms with Crippen molar-refractivity contribution < 1.29 is 18.1 Å². The predicted octanol–water partition coefficient (Wildman–Crippen LogP) is 5.73. The van der Waals surface area contributed by atoms with Crippen LogP contribution in [0.25, 0.3) is 0 Å². The van der Waals surface area contributed by atoms with Crippen LogP contribution in [-0.2, 0) is 15.7 Å². The molecule has 2 N–H and O–H groups in total. The molecule has 0 spiro atoms. The summed E-state index contributed by atoms with van der Waals surface area (Å²) in [7, 11) is -4.49. The third-order valence-corrected chi connectivity index (χ3v) is 7.85. The van der Waals surface area contributed by atoms with Crippen molar-refractivity contribution in [1.29, 1.82) is 0 Å². The Hall–Kier alpha value is -1.77. The average Bonchev–Trinajstić information content (AvgIpc) is 2.73. The van der Waals surface area contributed by atoms with Crippen molar-refractivity contribution in [3.8, 4) is 0 Å². The summed E-state index contributed by atoms with van der Waals surface area (Å²) in [4.78, 5) is 1.93. The van der Waals surface area contributed by atoms with Gasteiger partial charge in [0.15, 0.2) is 0 Å². The number of aryl methyl sites for hydroxylation is 1. The van der Waals surface area contributed by atoms with Crippen molar-refractivity contribution in [1.82, 2.24) is 0 Å². The molecule has 4 nitrogen and oxygen atoms in total. The van der Waals surface area contributed by atoms with E-state index in [-0.39, 0.29) is 4.90 Å². The minimum atomic E-state index is -4.49. The highest BCUT2D eigenvalue weighted by Gasteiger charge is 2.39. The topological polar surface area (TPSA) is 74.6 Å². The summed E-state index contributed by atoms with van der Waals surface area (Å²) in [5.74, 6) is -0.722. The zero-order valence-corrected chi connectivity index (χ0v) is 20.3. The van der Waals surface area contributed by atoms with Crippen molar-refractivity contribution >= 4 is 33.6 Å². The van der Waals surface area contributed by atoms with Gasteiger partial charge in [0.2, 0.25) is 0 Å². The molecule has 3 aromatic rings. The quantitative estimate of drug-likeness (QED) is 0.337. The molecule has 3 aromatic carbocycles. The van der Waals surface area contributed by atoms with E-state index in [9.17, 15) is 18.1 Å². The van der Waals surface area contributed by atoms with Gasteiger partial charge in [0, 0.05) is 15.7 Å². The number of hydrogen-bond donors (Lipinski definition) is 2. The zero-order chi connectivity index (χ0) is 22.8. The van der Waals surface area contributed by atoms with Gasteiger partial charge in [-0.1, -0.05) is 42.0 Å². The van der Waals surface area contributed by atoms with Crippen LogP contribution in [0.2, 0.25) is 0 Å². The summed E-state index contributed by atoms with van der Waals surface area (Å²) in [6, 6.07) is 20.0. The number of thioether (sulfide) groups is 2. The van der Waals surface area contributed by atoms with Crippen molar-refractivity contribution in [2.75, 3.05) is 12.5 Å². The second kappa shape index (κ2) is 9.38. The Morgan fingerprint density at radius 2 is 1.39 bits per heavy atom. The third-order valence-electron chi connectivity index (χ3n) is 5.44. The lowest BCUT2D eigenvalue weighted by atomic mass is 9.74. The molecule has 0 fully saturated rings. The first-order valence-corrected chi connectivity index (χ1v) is 13.6. The van der Waals surface area contributed by atoms with Crippen LogP contribution in [0.4, 0.5) is 0 Å². The van der Waals surface area contributed by atoms with Crippen LogP contribution in [-0.4, -0.2) is 30.6 Å². The Labute approximate surface area is 192 Å². The minimum absolute atomic E-state index is 0.196. The first kappa shape index (κ1) is 23.9. The summed E-state index contributed by atoms with van der Waals surface area (Å²) >= 11 is 3.21. The van der Waals surface area contributed by atoms with Crippen molar-refractivity contribution in [3.05, 3.63) is 89.0 Å². The fourth-order valence-corrected chi connectivity index (χ4v) is 5.36. The summed E-state index contributed by atoms with van der Waals surface area (Å²) in [6.45, 7) is 3.54. The molecule has 0 saturated carbocycles. The predicted molar refractivity (Wildman–Crippen MR) is 129 cm³/mol. The highest BCUT2D eigenvalue weighted by molar-refractivity contribution is 7.98. The molecule has 0 heterocycles. The maximum absolute atomic E-state index is 12.2. The minimum Gasteiger partial charge on any atom is -0.384 e. The maximum atomic E-state index is 12.2. The lowest BCUT2D eigenvalue weighted by molar-refractivity contribution is 0.0384. The molecule has 0 aliphatic carbocycles. The standard InChI is InChI=1S/C24H26O4S3/c1-16-5-14-22(31(26,27)28)21(15-16)23(17-6-10-19(29-3)11-7-17)24(2,25)18-8-12-20(30-4)13-9-18/h5-15,23,25H,1-4H3,(H,26,27,28). The third kappa shape index (κ3) is 5.18. The molecule has 0 bridgehead atoms. The second-order valence-electron chi connectivity index (χ2n) is 7.60. The van der Waals surface area contributed by atoms with Gasteiger partial charge in [-0.15, -0.1) is 23.5 Å². The second-order valence-corrected chi connectivity index (χ2v) is 10.7. The van der Waals surface area contributed by atoms with Crippen LogP contribution >= 0.6 is 23.5 Å². The Kier molecular flexibility index (Phi) is 7.23. The monoisotopic (exact) mass is 474 g/mol. The number of rotatable bonds is 7. The van der Waals surface area contributed by atoms with E-state index in [1.165, 1.54) is 6.07 Å². The summed E-state index contributed by atoms with van der Waals surface area (Å²) in [6.07, 6.45) is 3.96. The lowest BCUT2D eigenvalue weighted by Gasteiger charge is -2.35. The number of hydrogen-bond acceptors (Lipinski definition) is 5. The van der Waals surface area contributed by atoms with E-state index < -0.39 is 21.6 Å². The fourth-order valence-electron chi connectivity index (χ4n) is 3.83. The van der Waals surface area contributed by atoms with Crippen molar-refractivity contribution in [2.45, 2.75) is 40.1 Å². The molecular formula is C24H26O4S3. The molecule has 3 rings (SSSR count). The van der Waals surface area contributed by atoms with Crippen molar-refractivity contribution in [3.63, 3.8) is 0 Å². The smallest absolute Gasteiger partial charge is 0.294 e. The van der Waals surface area contributed by atoms with Crippen LogP contribution in [0.5, 0.6) is 0 Å². The first-order chi connectivity index (χ1) is 14.6. The van der Waals surface area contributed by atoms with Gasteiger partial charge < -0.3 is 5.11 Å². The molecule has 164 valence electrons. The first-order valence-electron chi connectivity index (χ1n) is 9.67. The Balaban J connectivity index is 2.28. The molecule has 0 aromatic heterocycles. The van der Waals surface area contributed by atoms with E-state index >= 15 is 0 Å². The van der Waals surface area contributed by atoms with Gasteiger partial charge >= 0.3 is 0 Å². The largest absolute Gasteiger partial charge is 0.384 e. The summed E-state index contributed by atoms with van der Waals surface area (Å²) in [5, 5.41) is 11.8. The summed E-state index contributed by atoms with van der Waals surface area (Å²) in [5.41, 5.74) is 1.17. The van der Waals surface area contributed by atoms with Gasteiger partial charge in [0.25, 0.3) is 10.1 Å². The molecule has 2 unspecified atom stereocenters. The van der Waals surface area contributed by atoms with Crippen LogP contribution in [0, 0.1) is 6.92 Å². The van der Waals surface area contributed by atoms with Crippen molar-refractivity contribution in [2.24, 2.45) is 0 Å². The van der Waals surface area contributed by atoms with Crippen LogP contribution in [0.1, 0.15) is 35.1 Å². The van der Waals surface area contributed by atoms with E-state index in [0.29, 0.717) is 11.1 Å². The molecule has 7 heteroatoms. The van der Waals surface area contributed by atoms with Gasteiger partial charge in [0.1, 0.15) is 0 Å². The fraction of sp³-hybridized carbons (Fsp3) is 0.250. The molecule has 0 aliphatic heterocycles. The van der Waals surface area contributed by atoms with E-state index in [0.717, 1.165) is 20.9 Å². The van der Waals surface area contributed by atoms with Crippen LogP contribution in [0.15, 0.2) is 81.4 Å². The van der Waals surface area contributed by atoms with E-state index in [1.54, 1.807) is 42.6 Å². The highest BCUT2D eigenvalue weighted by Crippen LogP contribution is 2.44. The molecule has 0 radical (unpaired) electrons. The van der Waals surface area contributed by atoms with E-state index in [2.05, 4.69) is 0 Å². The molecule has 0 saturated heterocycles. The van der Waals surface area contributed by atoms with E-state index in [1.807, 2.05) is 68.0 Å². The molecular weight excluding hydrogens is 448 g/mol. The van der Waals surface area contributed by atoms with Gasteiger partial charge in [-0.05, 0) is 73.4 Å². The zero-order valence-electron chi connectivity index (χ0n) is 17.9. The van der Waals surface area contributed by atoms with Gasteiger partial charge in [-0.25, -0.2) is 0 Å². The summed E-state index contributed by atoms with van der Waals surface area (Å²) < 4.78 is 34.4. The highest BCUT2D eigenvalue weighted by atomic mass is 32.2. The van der Waals surface area contributed by atoms with Crippen LogP contribution in [0.3, 0.4) is 0 Å². The van der Waals surface area contributed by atoms with Gasteiger partial charge in [-0.2, -0.15) is 8.42 Å². The normalized spacial score (nSPS) is 14.8.